The topological polar surface area (TPSA) is 62.3 Å². The van der Waals surface area contributed by atoms with Crippen LogP contribution in [0, 0.1) is 48.2 Å². The average Bonchev–Trinajstić information content (AvgIpc) is 3.37. The van der Waals surface area contributed by atoms with Gasteiger partial charge in [0.05, 0.1) is 0 Å². The fraction of sp³-hybridized carbons (Fsp3) is 0.394. The molecule has 4 rings (SSSR count). The third-order valence-corrected chi connectivity index (χ3v) is 10.8. The van der Waals surface area contributed by atoms with Crippen LogP contribution in [0.25, 0.3) is 0 Å². The van der Waals surface area contributed by atoms with Crippen LogP contribution in [-0.4, -0.2) is 64.8 Å². The quantitative estimate of drug-likeness (QED) is 0.133. The Morgan fingerprint density at radius 3 is 1.73 bits per heavy atom. The number of benzene rings is 3. The van der Waals surface area contributed by atoms with Crippen LogP contribution < -0.4 is 14.5 Å². The maximum atomic E-state index is 12.1. The van der Waals surface area contributed by atoms with Crippen LogP contribution in [0.1, 0.15) is 38.9 Å². The summed E-state index contributed by atoms with van der Waals surface area (Å²) >= 11 is -2.11. The molecule has 0 atom stereocenters. The smallest absolute Gasteiger partial charge is 0.0146 e. The number of hydrogen-bond donors (Lipinski definition) is 0. The molecule has 0 spiro atoms. The van der Waals surface area contributed by atoms with E-state index >= 15 is 0 Å². The molecule has 7 nitrogen and oxygen atoms in total. The molecule has 0 radical (unpaired) electrons. The van der Waals surface area contributed by atoms with Crippen molar-refractivity contribution in [1.29, 1.82) is 0 Å². The van der Waals surface area contributed by atoms with Gasteiger partial charge in [-0.25, -0.2) is 0 Å². The second kappa shape index (κ2) is 16.0. The van der Waals surface area contributed by atoms with Crippen LogP contribution in [0.15, 0.2) is 47.4 Å². The largest absolute Gasteiger partial charge is 0.502 e. The number of ether oxygens (including phenoxy) is 2. The summed E-state index contributed by atoms with van der Waals surface area (Å²) in [6.07, 6.45) is 0. The molecule has 1 aliphatic heterocycles. The van der Waals surface area contributed by atoms with E-state index in [0.717, 1.165) is 17.4 Å². The predicted molar refractivity (Wildman–Crippen MR) is 182 cm³/mol. The zero-order chi connectivity index (χ0) is 32.8. The van der Waals surface area contributed by atoms with Gasteiger partial charge in [-0.15, -0.1) is 0 Å². The van der Waals surface area contributed by atoms with Crippen molar-refractivity contribution >= 4 is 45.4 Å². The van der Waals surface area contributed by atoms with Gasteiger partial charge < -0.3 is 9.80 Å². The number of nitrogens with zero attached hydrogens (tertiary/aromatic N) is 3. The zero-order valence-electron chi connectivity index (χ0n) is 27.0. The van der Waals surface area contributed by atoms with Gasteiger partial charge in [0, 0.05) is 24.5 Å². The number of hydrogen-bond acceptors (Lipinski definition) is 6. The van der Waals surface area contributed by atoms with Gasteiger partial charge in [0.15, 0.2) is 0 Å². The summed E-state index contributed by atoms with van der Waals surface area (Å²) in [4.78, 5) is 4.98. The Morgan fingerprint density at radius 2 is 1.32 bits per heavy atom. The summed E-state index contributed by atoms with van der Waals surface area (Å²) in [6.45, 7) is 18.4. The first-order valence-corrected chi connectivity index (χ1v) is 21.1. The molecular weight excluding hydrogens is 706 g/mol. The van der Waals surface area contributed by atoms with Gasteiger partial charge in [-0.2, -0.15) is 6.67 Å². The Kier molecular flexibility index (Phi) is 13.3. The van der Waals surface area contributed by atoms with Crippen LogP contribution in [0.5, 0.6) is 5.75 Å². The van der Waals surface area contributed by atoms with Crippen molar-refractivity contribution in [3.63, 3.8) is 0 Å². The second-order valence-corrected chi connectivity index (χ2v) is 19.0. The Labute approximate surface area is 277 Å². The Hall–Kier alpha value is -2.00. The average molecular weight is 751 g/mol. The molecule has 1 heterocycles. The summed E-state index contributed by atoms with van der Waals surface area (Å²) in [5, 5.41) is 0. The number of sulfonamides is 1. The molecule has 11 heteroatoms. The van der Waals surface area contributed by atoms with Crippen LogP contribution in [0.4, 0.5) is 11.4 Å². The Bertz CT molecular complexity index is 1500. The second-order valence-electron chi connectivity index (χ2n) is 11.1. The molecule has 1 saturated heterocycles. The summed E-state index contributed by atoms with van der Waals surface area (Å²) in [5.41, 5.74) is 11.4. The molecule has 3 aromatic carbocycles. The molecule has 0 unspecified atom stereocenters. The maximum Gasteiger partial charge on any atom is 0.0146 e. The van der Waals surface area contributed by atoms with Crippen molar-refractivity contribution in [2.45, 2.75) is 46.4 Å². The normalized spacial score (nSPS) is 13.6. The van der Waals surface area contributed by atoms with Crippen molar-refractivity contribution < 1.29 is 31.4 Å². The molecule has 1 aliphatic rings. The van der Waals surface area contributed by atoms with Gasteiger partial charge >= 0.3 is 139 Å². The third-order valence-electron chi connectivity index (χ3n) is 7.20. The Morgan fingerprint density at radius 1 is 0.841 bits per heavy atom. The van der Waals surface area contributed by atoms with Crippen LogP contribution in [0.2, 0.25) is 0 Å². The minimum absolute atomic E-state index is 0.168. The van der Waals surface area contributed by atoms with Gasteiger partial charge in [-0.1, -0.05) is 35.4 Å². The minimum atomic E-state index is -3.51. The van der Waals surface area contributed by atoms with Crippen LogP contribution in [-0.2, 0) is 28.3 Å². The number of methoxy groups -OCH3 is 1. The molecule has 0 aliphatic carbocycles. The molecule has 3 aromatic rings. The van der Waals surface area contributed by atoms with Crippen LogP contribution >= 0.6 is 19.4 Å². The number of halogens is 2. The van der Waals surface area contributed by atoms with E-state index in [9.17, 15) is 8.42 Å². The SMILES string of the molecule is COCCOc1ccc(S(=O)(=O)N(C)C)cc1[CH]=[Ru]([Cl])[Cl].Cc1cc(C)c(N2[CH-]N(c3c(C)cc(C)cc3C)CC2)c(C)c1. The first-order valence-electron chi connectivity index (χ1n) is 14.2. The summed E-state index contributed by atoms with van der Waals surface area (Å²) in [7, 11) is 12.8. The van der Waals surface area contributed by atoms with E-state index in [2.05, 4.69) is 82.3 Å². The predicted octanol–water partition coefficient (Wildman–Crippen LogP) is 7.02. The summed E-state index contributed by atoms with van der Waals surface area (Å²) in [5.74, 6) is 0.532. The summed E-state index contributed by atoms with van der Waals surface area (Å²) < 4.78 is 37.5. The van der Waals surface area contributed by atoms with Crippen LogP contribution in [0.3, 0.4) is 0 Å². The monoisotopic (exact) mass is 750 g/mol. The van der Waals surface area contributed by atoms with Gasteiger partial charge in [-0.3, -0.25) is 0 Å². The van der Waals surface area contributed by atoms with Gasteiger partial charge in [0.25, 0.3) is 0 Å². The van der Waals surface area contributed by atoms with E-state index in [1.54, 1.807) is 17.8 Å². The molecule has 244 valence electrons. The molecule has 0 amide bonds. The fourth-order valence-corrected chi connectivity index (χ4v) is 8.24. The van der Waals surface area contributed by atoms with Crippen molar-refractivity contribution in [3.05, 3.63) is 88.1 Å². The van der Waals surface area contributed by atoms with E-state index in [4.69, 9.17) is 28.9 Å². The van der Waals surface area contributed by atoms with Gasteiger partial charge in [0.1, 0.15) is 0 Å². The Balaban J connectivity index is 0.000000242. The van der Waals surface area contributed by atoms with E-state index in [0.29, 0.717) is 24.5 Å². The first kappa shape index (κ1) is 36.5. The third kappa shape index (κ3) is 9.27. The molecule has 0 saturated carbocycles. The molecule has 1 fully saturated rings. The standard InChI is InChI=1S/C21H27N2.C12H17NO4S.2ClH.Ru/c1-14-9-16(3)20(17(4)10-14)22-7-8-23(13-22)21-18(5)11-15(2)12-19(21)6;1-10-9-11(18(14,15)13(2)3)5-6-12(10)17-8-7-16-4;;;/h9-13H,7-8H2,1-6H3;1,5-6,9H,7-8H2,2-4H3;2*1H;/q-1;;;;+2/p-2. The van der Waals surface area contributed by atoms with Gasteiger partial charge in [-0.05, 0) is 63.8 Å². The first-order chi connectivity index (χ1) is 20.6. The molecule has 0 aromatic heterocycles. The van der Waals surface area contributed by atoms with E-state index in [1.165, 1.54) is 71.0 Å². The van der Waals surface area contributed by atoms with Gasteiger partial charge in [0.2, 0.25) is 0 Å². The molecule has 44 heavy (non-hydrogen) atoms. The van der Waals surface area contributed by atoms with Crippen molar-refractivity contribution in [1.82, 2.24) is 4.31 Å². The van der Waals surface area contributed by atoms with Crippen molar-refractivity contribution in [2.75, 3.05) is 57.3 Å². The number of anilines is 2. The molecule has 0 bridgehead atoms. The summed E-state index contributed by atoms with van der Waals surface area (Å²) in [6, 6.07) is 13.7. The van der Waals surface area contributed by atoms with E-state index < -0.39 is 23.5 Å². The van der Waals surface area contributed by atoms with E-state index in [-0.39, 0.29) is 4.90 Å². The maximum absolute atomic E-state index is 12.1. The zero-order valence-corrected chi connectivity index (χ0v) is 31.1. The van der Waals surface area contributed by atoms with E-state index in [1.807, 2.05) is 0 Å². The number of aryl methyl sites for hydroxylation is 6. The van der Waals surface area contributed by atoms with Crippen molar-refractivity contribution in [2.24, 2.45) is 0 Å². The van der Waals surface area contributed by atoms with Crippen molar-refractivity contribution in [3.8, 4) is 5.75 Å². The molecule has 0 N–H and O–H groups in total. The minimum Gasteiger partial charge on any atom is -0.502 e. The number of rotatable bonds is 9. The fourth-order valence-electron chi connectivity index (χ4n) is 5.52. The molecular formula is C33H44Cl2N3O4RuS-.